The third kappa shape index (κ3) is 6.33. The van der Waals surface area contributed by atoms with E-state index < -0.39 is 8.16 Å². The highest BCUT2D eigenvalue weighted by molar-refractivity contribution is 7.39. The minimum Gasteiger partial charge on any atom is -0.408 e. The van der Waals surface area contributed by atoms with Gasteiger partial charge in [0.15, 0.2) is 0 Å². The van der Waals surface area contributed by atoms with Crippen LogP contribution in [0.25, 0.3) is 43.5 Å². The molecule has 232 valence electrons. The second kappa shape index (κ2) is 14.1. The Morgan fingerprint density at radius 2 is 0.977 bits per heavy atom. The van der Waals surface area contributed by atoms with Crippen molar-refractivity contribution in [2.45, 2.75) is 122 Å². The molecule has 4 heteroatoms. The number of rotatable bonds is 4. The van der Waals surface area contributed by atoms with Crippen LogP contribution < -0.4 is 4.67 Å². The highest BCUT2D eigenvalue weighted by Crippen LogP contribution is 2.46. The maximum absolute atomic E-state index is 7.27. The Labute approximate surface area is 264 Å². The van der Waals surface area contributed by atoms with E-state index in [1.807, 2.05) is 0 Å². The molecule has 0 N–H and O–H groups in total. The minimum absolute atomic E-state index is 0.435. The summed E-state index contributed by atoms with van der Waals surface area (Å²) in [4.78, 5) is 0. The molecule has 1 aromatic heterocycles. The van der Waals surface area contributed by atoms with Gasteiger partial charge in [-0.2, -0.15) is 4.67 Å². The first kappa shape index (κ1) is 29.9. The van der Waals surface area contributed by atoms with Crippen molar-refractivity contribution in [1.29, 1.82) is 0 Å². The van der Waals surface area contributed by atoms with Crippen LogP contribution in [-0.2, 0) is 0 Å². The lowest BCUT2D eigenvalue weighted by Gasteiger charge is -2.39. The first-order chi connectivity index (χ1) is 21.8. The van der Waals surface area contributed by atoms with E-state index >= 15 is 0 Å². The van der Waals surface area contributed by atoms with Gasteiger partial charge in [0.1, 0.15) is 11.2 Å². The third-order valence-electron chi connectivity index (χ3n) is 10.8. The van der Waals surface area contributed by atoms with Crippen LogP contribution in [0, 0.1) is 5.92 Å². The van der Waals surface area contributed by atoms with Crippen molar-refractivity contribution in [2.24, 2.45) is 5.92 Å². The highest BCUT2D eigenvalue weighted by atomic mass is 31.1. The van der Waals surface area contributed by atoms with Gasteiger partial charge < -0.3 is 8.39 Å². The molecule has 2 saturated carbocycles. The number of benzene rings is 4. The van der Waals surface area contributed by atoms with Gasteiger partial charge in [-0.1, -0.05) is 138 Å². The van der Waals surface area contributed by atoms with Crippen molar-refractivity contribution < 1.29 is 8.39 Å². The molecule has 4 aromatic carbocycles. The van der Waals surface area contributed by atoms with E-state index in [-0.39, 0.29) is 0 Å². The molecule has 0 unspecified atom stereocenters. The van der Waals surface area contributed by atoms with Crippen molar-refractivity contribution in [1.82, 2.24) is 0 Å². The van der Waals surface area contributed by atoms with Gasteiger partial charge in [0, 0.05) is 22.9 Å². The smallest absolute Gasteiger partial charge is 0.310 e. The molecule has 0 amide bonds. The summed E-state index contributed by atoms with van der Waals surface area (Å²) in [5.41, 5.74) is 1.94. The molecule has 1 atom stereocenters. The van der Waals surface area contributed by atoms with E-state index in [1.54, 1.807) is 0 Å². The molecule has 0 aliphatic heterocycles. The Hall–Kier alpha value is -2.74. The average molecular weight is 608 g/mol. The quantitative estimate of drug-likeness (QED) is 0.204. The van der Waals surface area contributed by atoms with Crippen molar-refractivity contribution in [3.63, 3.8) is 0 Å². The summed E-state index contributed by atoms with van der Waals surface area (Å²) in [5.74, 6) is 0.704. The third-order valence-corrected chi connectivity index (χ3v) is 12.5. The SMILES string of the molecule is C[C@H](C1CCCCC1)N(C1CCCCCCCCCCC1)p1oc2ccc3ccccc3c2c2c(ccc3ccccc32)o1. The lowest BCUT2D eigenvalue weighted by molar-refractivity contribution is 0.290. The summed E-state index contributed by atoms with van der Waals surface area (Å²) in [6.45, 7) is 2.51. The standard InChI is InChI=1S/C40H50NO2P/c1-30(31-18-10-9-11-19-31)41(34-22-12-7-5-3-2-4-6-8-13-23-34)44-42-37-28-26-32-20-14-16-24-35(32)39(37)40-36-25-17-15-21-33(36)27-29-38(40)43-44/h14-17,20-21,24-31,34H,2-13,18-19,22-23H2,1H3/t30-/m1/s1. The molecule has 5 aromatic rings. The fourth-order valence-corrected chi connectivity index (χ4v) is 10.2. The van der Waals surface area contributed by atoms with E-state index in [0.717, 1.165) is 11.2 Å². The Morgan fingerprint density at radius 3 is 1.50 bits per heavy atom. The fourth-order valence-electron chi connectivity index (χ4n) is 8.31. The van der Waals surface area contributed by atoms with Crippen LogP contribution >= 0.6 is 8.16 Å². The van der Waals surface area contributed by atoms with Crippen LogP contribution in [-0.4, -0.2) is 12.1 Å². The summed E-state index contributed by atoms with van der Waals surface area (Å²) in [6, 6.07) is 27.4. The minimum atomic E-state index is -1.35. The Morgan fingerprint density at radius 1 is 0.545 bits per heavy atom. The monoisotopic (exact) mass is 607 g/mol. The van der Waals surface area contributed by atoms with E-state index in [2.05, 4.69) is 84.4 Å². The molecular weight excluding hydrogens is 557 g/mol. The number of hydrogen-bond acceptors (Lipinski definition) is 3. The van der Waals surface area contributed by atoms with Gasteiger partial charge in [0.05, 0.1) is 0 Å². The zero-order valence-electron chi connectivity index (χ0n) is 26.7. The Balaban J connectivity index is 1.45. The largest absolute Gasteiger partial charge is 0.408 e. The molecule has 0 saturated heterocycles. The zero-order valence-corrected chi connectivity index (χ0v) is 27.6. The van der Waals surface area contributed by atoms with E-state index in [9.17, 15) is 0 Å². The second-order valence-corrected chi connectivity index (χ2v) is 15.0. The van der Waals surface area contributed by atoms with E-state index in [4.69, 9.17) is 8.39 Å². The fraction of sp³-hybridized carbons (Fsp3) is 0.500. The molecule has 2 aliphatic rings. The van der Waals surface area contributed by atoms with E-state index in [0.29, 0.717) is 18.0 Å². The predicted molar refractivity (Wildman–Crippen MR) is 190 cm³/mol. The summed E-state index contributed by atoms with van der Waals surface area (Å²) < 4.78 is 17.3. The first-order valence-corrected chi connectivity index (χ1v) is 18.9. The van der Waals surface area contributed by atoms with Gasteiger partial charge in [-0.25, -0.2) is 0 Å². The van der Waals surface area contributed by atoms with Crippen LogP contribution in [0.3, 0.4) is 0 Å². The molecule has 1 heterocycles. The molecule has 3 nitrogen and oxygen atoms in total. The normalized spacial score (nSPS) is 19.3. The number of fused-ring (bicyclic) bond motifs is 7. The molecule has 2 aliphatic carbocycles. The Kier molecular flexibility index (Phi) is 9.62. The van der Waals surface area contributed by atoms with Gasteiger partial charge in [0.2, 0.25) is 0 Å². The maximum Gasteiger partial charge on any atom is 0.310 e. The highest BCUT2D eigenvalue weighted by Gasteiger charge is 2.34. The number of nitrogens with zero attached hydrogens (tertiary/aromatic N) is 1. The molecule has 0 bridgehead atoms. The van der Waals surface area contributed by atoms with Crippen molar-refractivity contribution >= 4 is 51.6 Å². The van der Waals surface area contributed by atoms with Crippen molar-refractivity contribution in [3.8, 4) is 0 Å². The second-order valence-electron chi connectivity index (χ2n) is 13.7. The molecule has 2 fully saturated rings. The van der Waals surface area contributed by atoms with Crippen LogP contribution in [0.1, 0.15) is 110 Å². The van der Waals surface area contributed by atoms with Crippen molar-refractivity contribution in [3.05, 3.63) is 72.8 Å². The topological polar surface area (TPSA) is 29.5 Å². The zero-order chi connectivity index (χ0) is 29.7. The molecular formula is C40H50NO2P. The van der Waals surface area contributed by atoms with Crippen LogP contribution in [0.2, 0.25) is 0 Å². The summed E-state index contributed by atoms with van der Waals surface area (Å²) in [6.07, 6.45) is 21.6. The summed E-state index contributed by atoms with van der Waals surface area (Å²) in [7, 11) is -1.35. The number of hydrogen-bond donors (Lipinski definition) is 0. The Bertz CT molecular complexity index is 1630. The van der Waals surface area contributed by atoms with Gasteiger partial charge in [0.25, 0.3) is 0 Å². The lowest BCUT2D eigenvalue weighted by atomic mass is 9.84. The van der Waals surface area contributed by atoms with Crippen LogP contribution in [0.5, 0.6) is 0 Å². The molecule has 7 rings (SSSR count). The van der Waals surface area contributed by atoms with Crippen molar-refractivity contribution in [2.75, 3.05) is 4.67 Å². The van der Waals surface area contributed by atoms with E-state index in [1.165, 1.54) is 135 Å². The summed E-state index contributed by atoms with van der Waals surface area (Å²) >= 11 is 0. The average Bonchev–Trinajstić information content (AvgIpc) is 3.23. The molecule has 44 heavy (non-hydrogen) atoms. The summed E-state index contributed by atoms with van der Waals surface area (Å²) in [5, 5.41) is 7.33. The van der Waals surface area contributed by atoms with Gasteiger partial charge in [-0.05, 0) is 72.2 Å². The van der Waals surface area contributed by atoms with Gasteiger partial charge >= 0.3 is 8.16 Å². The lowest BCUT2D eigenvalue weighted by Crippen LogP contribution is -2.44. The predicted octanol–water partition coefficient (Wildman–Crippen LogP) is 13.2. The van der Waals surface area contributed by atoms with Crippen LogP contribution in [0.15, 0.2) is 81.2 Å². The van der Waals surface area contributed by atoms with Gasteiger partial charge in [-0.3, -0.25) is 0 Å². The molecule has 0 spiro atoms. The molecule has 0 radical (unpaired) electrons. The van der Waals surface area contributed by atoms with Crippen LogP contribution in [0.4, 0.5) is 0 Å². The van der Waals surface area contributed by atoms with Gasteiger partial charge in [-0.15, -0.1) is 0 Å². The maximum atomic E-state index is 7.27. The first-order valence-electron chi connectivity index (χ1n) is 17.8.